The van der Waals surface area contributed by atoms with Gasteiger partial charge in [-0.25, -0.2) is 4.39 Å². The third kappa shape index (κ3) is 4.64. The third-order valence-corrected chi connectivity index (χ3v) is 4.15. The summed E-state index contributed by atoms with van der Waals surface area (Å²) in [6.45, 7) is 0.141. The van der Waals surface area contributed by atoms with E-state index in [0.717, 1.165) is 6.07 Å². The molecule has 0 unspecified atom stereocenters. The molecule has 0 fully saturated rings. The molecule has 9 heteroatoms. The predicted octanol–water partition coefficient (Wildman–Crippen LogP) is 1.56. The van der Waals surface area contributed by atoms with E-state index in [-0.39, 0.29) is 18.8 Å². The fraction of sp³-hybridized carbons (Fsp3) is 0.100. The van der Waals surface area contributed by atoms with Crippen LogP contribution in [0.15, 0.2) is 59.7 Å². The molecular formula is C20H17FN4O4. The Bertz CT molecular complexity index is 1100. The van der Waals surface area contributed by atoms with Crippen molar-refractivity contribution in [3.8, 4) is 5.75 Å². The number of nitrogens with zero attached hydrogens (tertiary/aromatic N) is 2. The smallest absolute Gasteiger partial charge is 0.274 e. The van der Waals surface area contributed by atoms with Gasteiger partial charge in [-0.1, -0.05) is 18.2 Å². The monoisotopic (exact) mass is 396 g/mol. The summed E-state index contributed by atoms with van der Waals surface area (Å²) in [5.74, 6) is -2.94. The van der Waals surface area contributed by atoms with Crippen LogP contribution in [0.2, 0.25) is 0 Å². The van der Waals surface area contributed by atoms with Gasteiger partial charge in [0.05, 0.1) is 0 Å². The number of nitrogens with two attached hydrogens (primary N) is 1. The summed E-state index contributed by atoms with van der Waals surface area (Å²) in [6, 6.07) is 9.82. The lowest BCUT2D eigenvalue weighted by Crippen LogP contribution is -2.32. The largest absolute Gasteiger partial charge is 0.503 e. The number of hydrogen-bond donors (Lipinski definition) is 3. The quantitative estimate of drug-likeness (QED) is 0.582. The number of carbonyl (C=O) groups excluding carboxylic acids is 2. The van der Waals surface area contributed by atoms with Gasteiger partial charge in [-0.05, 0) is 29.3 Å². The topological polar surface area (TPSA) is 129 Å². The van der Waals surface area contributed by atoms with Crippen LogP contribution in [0.3, 0.4) is 0 Å². The summed E-state index contributed by atoms with van der Waals surface area (Å²) in [7, 11) is 0. The van der Waals surface area contributed by atoms with Gasteiger partial charge in [-0.2, -0.15) is 0 Å². The molecule has 0 bridgehead atoms. The van der Waals surface area contributed by atoms with Crippen LogP contribution in [-0.4, -0.2) is 31.8 Å². The second-order valence-electron chi connectivity index (χ2n) is 6.28. The van der Waals surface area contributed by atoms with Gasteiger partial charge in [0.2, 0.25) is 5.43 Å². The van der Waals surface area contributed by atoms with Crippen molar-refractivity contribution in [2.75, 3.05) is 0 Å². The molecule has 148 valence electrons. The van der Waals surface area contributed by atoms with Crippen molar-refractivity contribution >= 4 is 11.8 Å². The van der Waals surface area contributed by atoms with E-state index < -0.39 is 34.5 Å². The van der Waals surface area contributed by atoms with E-state index in [2.05, 4.69) is 9.97 Å². The van der Waals surface area contributed by atoms with Crippen molar-refractivity contribution in [3.63, 3.8) is 0 Å². The summed E-state index contributed by atoms with van der Waals surface area (Å²) in [6.07, 6.45) is 3.14. The van der Waals surface area contributed by atoms with Gasteiger partial charge in [0.25, 0.3) is 11.8 Å². The number of halogens is 1. The first-order valence-corrected chi connectivity index (χ1v) is 8.54. The number of carbonyl (C=O) groups is 2. The zero-order valence-electron chi connectivity index (χ0n) is 15.1. The van der Waals surface area contributed by atoms with Gasteiger partial charge in [-0.3, -0.25) is 19.4 Å². The SMILES string of the molecule is NC(=O)c1cc(=O)c(O)c(C(=O)N(Cc2ccc(F)cc2)Cc2cccnc2)[nH]1. The number of benzene rings is 1. The van der Waals surface area contributed by atoms with Crippen molar-refractivity contribution in [3.05, 3.63) is 93.4 Å². The molecule has 29 heavy (non-hydrogen) atoms. The Kier molecular flexibility index (Phi) is 5.68. The molecule has 0 aliphatic heterocycles. The molecule has 0 aliphatic carbocycles. The van der Waals surface area contributed by atoms with Gasteiger partial charge >= 0.3 is 0 Å². The molecule has 0 spiro atoms. The fourth-order valence-electron chi connectivity index (χ4n) is 2.72. The predicted molar refractivity (Wildman–Crippen MR) is 101 cm³/mol. The van der Waals surface area contributed by atoms with Crippen LogP contribution >= 0.6 is 0 Å². The number of amides is 2. The minimum absolute atomic E-state index is 0.0519. The number of aromatic amines is 1. The fourth-order valence-corrected chi connectivity index (χ4v) is 2.72. The molecule has 1 aromatic carbocycles. The zero-order chi connectivity index (χ0) is 21.0. The van der Waals surface area contributed by atoms with E-state index in [4.69, 9.17) is 5.73 Å². The summed E-state index contributed by atoms with van der Waals surface area (Å²) in [5.41, 5.74) is 4.81. The molecule has 4 N–H and O–H groups in total. The van der Waals surface area contributed by atoms with Crippen molar-refractivity contribution in [2.45, 2.75) is 13.1 Å². The van der Waals surface area contributed by atoms with Gasteiger partial charge < -0.3 is 20.7 Å². The molecule has 0 saturated carbocycles. The van der Waals surface area contributed by atoms with Crippen molar-refractivity contribution < 1.29 is 19.1 Å². The Labute approximate surface area is 164 Å². The molecule has 0 aliphatic rings. The minimum atomic E-state index is -0.950. The van der Waals surface area contributed by atoms with Crippen LogP contribution in [0.1, 0.15) is 32.1 Å². The molecule has 0 atom stereocenters. The van der Waals surface area contributed by atoms with Crippen molar-refractivity contribution in [2.24, 2.45) is 5.73 Å². The minimum Gasteiger partial charge on any atom is -0.503 e. The van der Waals surface area contributed by atoms with Crippen LogP contribution in [0.25, 0.3) is 0 Å². The average molecular weight is 396 g/mol. The first-order chi connectivity index (χ1) is 13.8. The maximum absolute atomic E-state index is 13.2. The average Bonchev–Trinajstić information content (AvgIpc) is 2.71. The number of nitrogens with one attached hydrogen (secondary N) is 1. The third-order valence-electron chi connectivity index (χ3n) is 4.15. The summed E-state index contributed by atoms with van der Waals surface area (Å²) >= 11 is 0. The van der Waals surface area contributed by atoms with Crippen molar-refractivity contribution in [1.82, 2.24) is 14.9 Å². The Hall–Kier alpha value is -4.01. The van der Waals surface area contributed by atoms with Crippen LogP contribution in [-0.2, 0) is 13.1 Å². The van der Waals surface area contributed by atoms with Crippen LogP contribution in [0.5, 0.6) is 5.75 Å². The van der Waals surface area contributed by atoms with E-state index in [1.807, 2.05) is 0 Å². The molecule has 3 rings (SSSR count). The van der Waals surface area contributed by atoms with Gasteiger partial charge in [0.1, 0.15) is 11.5 Å². The molecule has 0 radical (unpaired) electrons. The second kappa shape index (κ2) is 8.34. The second-order valence-corrected chi connectivity index (χ2v) is 6.28. The lowest BCUT2D eigenvalue weighted by atomic mass is 10.1. The van der Waals surface area contributed by atoms with Gasteiger partial charge in [-0.15, -0.1) is 0 Å². The number of aromatic nitrogens is 2. The molecule has 0 saturated heterocycles. The number of rotatable bonds is 6. The van der Waals surface area contributed by atoms with E-state index in [1.165, 1.54) is 29.2 Å². The number of aromatic hydroxyl groups is 1. The Morgan fingerprint density at radius 1 is 1.14 bits per heavy atom. The van der Waals surface area contributed by atoms with Crippen LogP contribution in [0, 0.1) is 5.82 Å². The van der Waals surface area contributed by atoms with Crippen LogP contribution < -0.4 is 11.2 Å². The summed E-state index contributed by atoms with van der Waals surface area (Å²) in [4.78, 5) is 44.2. The maximum Gasteiger partial charge on any atom is 0.274 e. The molecule has 2 amide bonds. The lowest BCUT2D eigenvalue weighted by Gasteiger charge is -2.23. The summed E-state index contributed by atoms with van der Waals surface area (Å²) < 4.78 is 13.2. The molecule has 2 heterocycles. The molecule has 2 aromatic heterocycles. The Morgan fingerprint density at radius 2 is 1.83 bits per heavy atom. The number of H-pyrrole nitrogens is 1. The Morgan fingerprint density at radius 3 is 2.45 bits per heavy atom. The Balaban J connectivity index is 2.00. The molecular weight excluding hydrogens is 379 g/mol. The van der Waals surface area contributed by atoms with Crippen molar-refractivity contribution in [1.29, 1.82) is 0 Å². The normalized spacial score (nSPS) is 10.5. The number of hydrogen-bond acceptors (Lipinski definition) is 5. The zero-order valence-corrected chi connectivity index (χ0v) is 15.1. The van der Waals surface area contributed by atoms with E-state index >= 15 is 0 Å². The first kappa shape index (κ1) is 19.7. The van der Waals surface area contributed by atoms with Gasteiger partial charge in [0, 0.05) is 31.5 Å². The highest BCUT2D eigenvalue weighted by atomic mass is 19.1. The summed E-state index contributed by atoms with van der Waals surface area (Å²) in [5, 5.41) is 10.1. The number of primary amides is 1. The van der Waals surface area contributed by atoms with Gasteiger partial charge in [0.15, 0.2) is 11.4 Å². The standard InChI is InChI=1S/C20H17FN4O4/c21-14-5-3-12(4-6-14)10-25(11-13-2-1-7-23-9-13)20(29)17-18(27)16(26)8-15(24-17)19(22)28/h1-9,27H,10-11H2,(H2,22,28)(H,24,26). The maximum atomic E-state index is 13.2. The van der Waals surface area contributed by atoms with E-state index in [1.54, 1.807) is 24.5 Å². The highest BCUT2D eigenvalue weighted by Gasteiger charge is 2.24. The first-order valence-electron chi connectivity index (χ1n) is 8.54. The highest BCUT2D eigenvalue weighted by Crippen LogP contribution is 2.18. The molecule has 8 nitrogen and oxygen atoms in total. The lowest BCUT2D eigenvalue weighted by molar-refractivity contribution is 0.0720. The number of pyridine rings is 2. The van der Waals surface area contributed by atoms with E-state index in [9.17, 15) is 23.9 Å². The van der Waals surface area contributed by atoms with Crippen LogP contribution in [0.4, 0.5) is 4.39 Å². The molecule has 3 aromatic rings. The highest BCUT2D eigenvalue weighted by molar-refractivity contribution is 5.97. The van der Waals surface area contributed by atoms with E-state index in [0.29, 0.717) is 11.1 Å².